The number of carbonyl (C=O) groups is 1. The first-order valence-corrected chi connectivity index (χ1v) is 5.08. The van der Waals surface area contributed by atoms with E-state index < -0.39 is 23.5 Å². The van der Waals surface area contributed by atoms with Gasteiger partial charge in [-0.25, -0.2) is 9.78 Å². The standard InChI is InChI=1S/C9H4BrF3N2O2/c10-4-2-1-3-15-6(9(11,12)13)5(8(16)17)14-7(4)15/h1-3H,(H,16,17). The predicted molar refractivity (Wildman–Crippen MR) is 54.9 cm³/mol. The van der Waals surface area contributed by atoms with Gasteiger partial charge in [0.05, 0.1) is 4.47 Å². The fourth-order valence-electron chi connectivity index (χ4n) is 1.45. The number of carboxylic acid groups (broad SMARTS) is 1. The lowest BCUT2D eigenvalue weighted by molar-refractivity contribution is -0.142. The quantitative estimate of drug-likeness (QED) is 0.881. The maximum Gasteiger partial charge on any atom is 0.434 e. The summed E-state index contributed by atoms with van der Waals surface area (Å²) in [5.74, 6) is -1.71. The molecule has 2 heterocycles. The van der Waals surface area contributed by atoms with Crippen LogP contribution in [0.2, 0.25) is 0 Å². The highest BCUT2D eigenvalue weighted by Crippen LogP contribution is 2.34. The lowest BCUT2D eigenvalue weighted by Crippen LogP contribution is -2.14. The summed E-state index contributed by atoms with van der Waals surface area (Å²) in [5.41, 5.74) is -2.39. The second-order valence-electron chi connectivity index (χ2n) is 3.16. The van der Waals surface area contributed by atoms with Crippen molar-refractivity contribution in [1.82, 2.24) is 9.38 Å². The molecule has 0 aliphatic rings. The van der Waals surface area contributed by atoms with Crippen molar-refractivity contribution in [3.05, 3.63) is 34.2 Å². The number of imidazole rings is 1. The average Bonchev–Trinajstić information content (AvgIpc) is 2.57. The van der Waals surface area contributed by atoms with E-state index in [-0.39, 0.29) is 10.1 Å². The minimum atomic E-state index is -4.78. The number of aromatic nitrogens is 2. The number of fused-ring (bicyclic) bond motifs is 1. The third-order valence-corrected chi connectivity index (χ3v) is 2.69. The molecule has 0 radical (unpaired) electrons. The van der Waals surface area contributed by atoms with Gasteiger partial charge in [0.2, 0.25) is 0 Å². The van der Waals surface area contributed by atoms with Crippen LogP contribution in [0.1, 0.15) is 16.2 Å². The van der Waals surface area contributed by atoms with Crippen LogP contribution in [-0.2, 0) is 6.18 Å². The van der Waals surface area contributed by atoms with Gasteiger partial charge < -0.3 is 5.11 Å². The molecule has 0 spiro atoms. The fourth-order valence-corrected chi connectivity index (χ4v) is 1.89. The van der Waals surface area contributed by atoms with Crippen molar-refractivity contribution in [2.45, 2.75) is 6.18 Å². The SMILES string of the molecule is O=C(O)c1nc2c(Br)cccn2c1C(F)(F)F. The Balaban J connectivity index is 2.91. The molecule has 0 aromatic carbocycles. The molecule has 0 amide bonds. The van der Waals surface area contributed by atoms with Gasteiger partial charge in [-0.3, -0.25) is 4.40 Å². The molecule has 4 nitrogen and oxygen atoms in total. The summed E-state index contributed by atoms with van der Waals surface area (Å²) in [5, 5.41) is 8.73. The van der Waals surface area contributed by atoms with Gasteiger partial charge >= 0.3 is 12.1 Å². The molecule has 0 fully saturated rings. The van der Waals surface area contributed by atoms with Crippen molar-refractivity contribution >= 4 is 27.5 Å². The number of carboxylic acids is 1. The topological polar surface area (TPSA) is 54.6 Å². The Morgan fingerprint density at radius 3 is 2.65 bits per heavy atom. The molecule has 0 saturated heterocycles. The first-order valence-electron chi connectivity index (χ1n) is 4.29. The van der Waals surface area contributed by atoms with E-state index in [4.69, 9.17) is 5.11 Å². The number of aromatic carboxylic acids is 1. The van der Waals surface area contributed by atoms with Crippen LogP contribution in [0.15, 0.2) is 22.8 Å². The van der Waals surface area contributed by atoms with Gasteiger partial charge in [-0.1, -0.05) is 0 Å². The van der Waals surface area contributed by atoms with E-state index >= 15 is 0 Å². The molecule has 2 rings (SSSR count). The zero-order chi connectivity index (χ0) is 12.8. The number of alkyl halides is 3. The Morgan fingerprint density at radius 1 is 1.47 bits per heavy atom. The van der Waals surface area contributed by atoms with Crippen LogP contribution in [0.5, 0.6) is 0 Å². The van der Waals surface area contributed by atoms with Crippen molar-refractivity contribution in [2.24, 2.45) is 0 Å². The average molecular weight is 309 g/mol. The number of hydrogen-bond donors (Lipinski definition) is 1. The lowest BCUT2D eigenvalue weighted by atomic mass is 10.3. The van der Waals surface area contributed by atoms with Crippen molar-refractivity contribution < 1.29 is 23.1 Å². The van der Waals surface area contributed by atoms with Crippen LogP contribution in [0.25, 0.3) is 5.65 Å². The van der Waals surface area contributed by atoms with E-state index in [0.717, 1.165) is 6.20 Å². The highest BCUT2D eigenvalue weighted by Gasteiger charge is 2.40. The first kappa shape index (κ1) is 11.9. The van der Waals surface area contributed by atoms with E-state index in [0.29, 0.717) is 4.40 Å². The molecule has 0 aliphatic heterocycles. The molecule has 0 unspecified atom stereocenters. The summed E-state index contributed by atoms with van der Waals surface area (Å²) in [6, 6.07) is 2.84. The van der Waals surface area contributed by atoms with Crippen molar-refractivity contribution in [2.75, 3.05) is 0 Å². The smallest absolute Gasteiger partial charge is 0.434 e. The van der Waals surface area contributed by atoms with E-state index in [9.17, 15) is 18.0 Å². The van der Waals surface area contributed by atoms with E-state index in [2.05, 4.69) is 20.9 Å². The molecule has 17 heavy (non-hydrogen) atoms. The van der Waals surface area contributed by atoms with Crippen molar-refractivity contribution in [1.29, 1.82) is 0 Å². The van der Waals surface area contributed by atoms with E-state index in [1.165, 1.54) is 12.1 Å². The number of nitrogens with zero attached hydrogens (tertiary/aromatic N) is 2. The maximum atomic E-state index is 12.8. The molecule has 2 aromatic heterocycles. The number of pyridine rings is 1. The Morgan fingerprint density at radius 2 is 2.12 bits per heavy atom. The normalized spacial score (nSPS) is 12.0. The monoisotopic (exact) mass is 308 g/mol. The molecular formula is C9H4BrF3N2O2. The molecule has 0 bridgehead atoms. The highest BCUT2D eigenvalue weighted by molar-refractivity contribution is 9.10. The van der Waals surface area contributed by atoms with Gasteiger partial charge in [0.1, 0.15) is 0 Å². The molecule has 0 aliphatic carbocycles. The lowest BCUT2D eigenvalue weighted by Gasteiger charge is -2.07. The second-order valence-corrected chi connectivity index (χ2v) is 4.02. The molecule has 0 saturated carbocycles. The van der Waals surface area contributed by atoms with Gasteiger partial charge in [0.25, 0.3) is 0 Å². The van der Waals surface area contributed by atoms with Crippen LogP contribution in [0.3, 0.4) is 0 Å². The van der Waals surface area contributed by atoms with Crippen LogP contribution < -0.4 is 0 Å². The van der Waals surface area contributed by atoms with Crippen molar-refractivity contribution in [3.8, 4) is 0 Å². The third-order valence-electron chi connectivity index (χ3n) is 2.07. The van der Waals surface area contributed by atoms with Gasteiger partial charge in [0, 0.05) is 6.20 Å². The Bertz CT molecular complexity index is 606. The summed E-state index contributed by atoms with van der Waals surface area (Å²) in [7, 11) is 0. The minimum Gasteiger partial charge on any atom is -0.476 e. The number of rotatable bonds is 1. The largest absolute Gasteiger partial charge is 0.476 e. The highest BCUT2D eigenvalue weighted by atomic mass is 79.9. The molecule has 2 aromatic rings. The molecule has 8 heteroatoms. The Kier molecular flexibility index (Phi) is 2.61. The molecular weight excluding hydrogens is 305 g/mol. The van der Waals surface area contributed by atoms with E-state index in [1.807, 2.05) is 0 Å². The van der Waals surface area contributed by atoms with Gasteiger partial charge in [0.15, 0.2) is 17.0 Å². The molecule has 0 atom stereocenters. The summed E-state index contributed by atoms with van der Waals surface area (Å²) < 4.78 is 39.3. The summed E-state index contributed by atoms with van der Waals surface area (Å²) in [4.78, 5) is 14.2. The fraction of sp³-hybridized carbons (Fsp3) is 0.111. The third kappa shape index (κ3) is 1.88. The first-order chi connectivity index (χ1) is 7.82. The van der Waals surface area contributed by atoms with Crippen LogP contribution in [0, 0.1) is 0 Å². The molecule has 1 N–H and O–H groups in total. The van der Waals surface area contributed by atoms with Crippen molar-refractivity contribution in [3.63, 3.8) is 0 Å². The van der Waals surface area contributed by atoms with Crippen LogP contribution in [0.4, 0.5) is 13.2 Å². The summed E-state index contributed by atoms with van der Waals surface area (Å²) >= 11 is 3.02. The van der Waals surface area contributed by atoms with Crippen LogP contribution in [-0.4, -0.2) is 20.5 Å². The zero-order valence-corrected chi connectivity index (χ0v) is 9.58. The molecule has 90 valence electrons. The van der Waals surface area contributed by atoms with Gasteiger partial charge in [-0.15, -0.1) is 0 Å². The minimum absolute atomic E-state index is 0.0859. The second kappa shape index (κ2) is 3.73. The van der Waals surface area contributed by atoms with Gasteiger partial charge in [-0.2, -0.15) is 13.2 Å². The number of halogens is 4. The zero-order valence-electron chi connectivity index (χ0n) is 7.99. The summed E-state index contributed by atoms with van der Waals surface area (Å²) in [6.45, 7) is 0. The Labute approximate surface area is 101 Å². The van der Waals surface area contributed by atoms with E-state index in [1.54, 1.807) is 0 Å². The maximum absolute atomic E-state index is 12.8. The summed E-state index contributed by atoms with van der Waals surface area (Å²) in [6.07, 6.45) is -3.67. The Hall–Kier alpha value is -1.57. The predicted octanol–water partition coefficient (Wildman–Crippen LogP) is 2.81. The number of hydrogen-bond acceptors (Lipinski definition) is 2. The van der Waals surface area contributed by atoms with Crippen LogP contribution >= 0.6 is 15.9 Å². The van der Waals surface area contributed by atoms with Gasteiger partial charge in [-0.05, 0) is 28.1 Å².